The number of hydrogen-bond acceptors (Lipinski definition) is 6. The highest BCUT2D eigenvalue weighted by molar-refractivity contribution is 5.77. The van der Waals surface area contributed by atoms with Crippen LogP contribution in [0.25, 0.3) is 22.6 Å². The quantitative estimate of drug-likeness (QED) is 0.496. The maximum atomic E-state index is 14.6. The van der Waals surface area contributed by atoms with E-state index in [-0.39, 0.29) is 11.6 Å². The minimum Gasteiger partial charge on any atom is -0.481 e. The molecule has 166 valence electrons. The van der Waals surface area contributed by atoms with Crippen LogP contribution < -0.4 is 4.74 Å². The lowest BCUT2D eigenvalue weighted by Crippen LogP contribution is -2.34. The summed E-state index contributed by atoms with van der Waals surface area (Å²) in [6, 6.07) is 15.7. The lowest BCUT2D eigenvalue weighted by molar-refractivity contribution is -0.147. The molecular weight excluding hydrogens is 425 g/mol. The van der Waals surface area contributed by atoms with Gasteiger partial charge in [-0.15, -0.1) is 5.10 Å². The molecule has 0 amide bonds. The van der Waals surface area contributed by atoms with Crippen molar-refractivity contribution in [1.82, 2.24) is 25.2 Å². The number of nitrogens with zero attached hydrogens (tertiary/aromatic N) is 5. The molecule has 4 aromatic rings. The molecule has 3 heterocycles. The summed E-state index contributed by atoms with van der Waals surface area (Å²) in [6.45, 7) is 3.25. The van der Waals surface area contributed by atoms with Gasteiger partial charge in [0.15, 0.2) is 17.4 Å². The van der Waals surface area contributed by atoms with Crippen molar-refractivity contribution in [2.45, 2.75) is 19.8 Å². The van der Waals surface area contributed by atoms with Crippen LogP contribution in [0, 0.1) is 11.2 Å². The number of ether oxygens (including phenoxy) is 1. The highest BCUT2D eigenvalue weighted by Crippen LogP contribution is 2.52. The van der Waals surface area contributed by atoms with Gasteiger partial charge in [-0.3, -0.25) is 4.79 Å². The van der Waals surface area contributed by atoms with E-state index in [1.807, 2.05) is 30.3 Å². The molecule has 0 spiro atoms. The van der Waals surface area contributed by atoms with Gasteiger partial charge >= 0.3 is 5.97 Å². The smallest absolute Gasteiger partial charge is 0.310 e. The third kappa shape index (κ3) is 3.32. The zero-order valence-electron chi connectivity index (χ0n) is 18.2. The van der Waals surface area contributed by atoms with E-state index < -0.39 is 23.1 Å². The Morgan fingerprint density at radius 3 is 2.45 bits per heavy atom. The average Bonchev–Trinajstić information content (AvgIpc) is 3.23. The number of carboxylic acid groups (broad SMARTS) is 1. The molecule has 33 heavy (non-hydrogen) atoms. The number of carbonyl (C=O) groups is 1. The van der Waals surface area contributed by atoms with Gasteiger partial charge in [0.25, 0.3) is 0 Å². The molecule has 0 radical (unpaired) electrons. The Morgan fingerprint density at radius 1 is 1.06 bits per heavy atom. The molecule has 9 heteroatoms. The summed E-state index contributed by atoms with van der Waals surface area (Å²) in [7, 11) is 1.76. The second-order valence-electron chi connectivity index (χ2n) is 8.51. The second-order valence-corrected chi connectivity index (χ2v) is 8.51. The first-order valence-electron chi connectivity index (χ1n) is 10.3. The SMILES string of the molecule is Cn1nnnc1-c1ccc(-c2ccc3c(n2)Oc2c(F)cccc2[C@@H]3C(C)(C)C(=O)O)cc1. The van der Waals surface area contributed by atoms with Crippen molar-refractivity contribution in [2.75, 3.05) is 0 Å². The van der Waals surface area contributed by atoms with Crippen LogP contribution >= 0.6 is 0 Å². The molecule has 0 aliphatic carbocycles. The Kier molecular flexibility index (Phi) is 4.70. The van der Waals surface area contributed by atoms with Crippen LogP contribution in [-0.2, 0) is 11.8 Å². The van der Waals surface area contributed by atoms with Crippen molar-refractivity contribution in [3.63, 3.8) is 0 Å². The standard InChI is InChI=1S/C24H20FN5O3/c1-24(2,23(31)32)19-15-5-4-6-17(25)20(15)33-22-16(19)11-12-18(26-22)13-7-9-14(10-8-13)21-27-28-29-30(21)3/h4-12,19H,1-3H3,(H,31,32)/t19-/m0/s1. The molecule has 5 rings (SSSR count). The maximum Gasteiger partial charge on any atom is 0.310 e. The second kappa shape index (κ2) is 7.47. The van der Waals surface area contributed by atoms with E-state index in [1.165, 1.54) is 6.07 Å². The van der Waals surface area contributed by atoms with Gasteiger partial charge in [-0.1, -0.05) is 42.5 Å². The number of aliphatic carboxylic acids is 1. The van der Waals surface area contributed by atoms with E-state index >= 15 is 0 Å². The average molecular weight is 445 g/mol. The van der Waals surface area contributed by atoms with Crippen LogP contribution in [-0.4, -0.2) is 36.3 Å². The summed E-state index contributed by atoms with van der Waals surface area (Å²) >= 11 is 0. The molecule has 2 aromatic carbocycles. The van der Waals surface area contributed by atoms with Crippen molar-refractivity contribution in [1.29, 1.82) is 0 Å². The molecule has 0 unspecified atom stereocenters. The van der Waals surface area contributed by atoms with Crippen LogP contribution in [0.5, 0.6) is 11.6 Å². The Balaban J connectivity index is 1.59. The summed E-state index contributed by atoms with van der Waals surface area (Å²) in [5.41, 5.74) is 2.16. The predicted molar refractivity (Wildman–Crippen MR) is 117 cm³/mol. The molecule has 1 atom stereocenters. The number of carboxylic acids is 1. The Morgan fingerprint density at radius 2 is 1.79 bits per heavy atom. The van der Waals surface area contributed by atoms with E-state index in [2.05, 4.69) is 20.5 Å². The topological polar surface area (TPSA) is 103 Å². The fourth-order valence-corrected chi connectivity index (χ4v) is 4.20. The monoisotopic (exact) mass is 445 g/mol. The highest BCUT2D eigenvalue weighted by atomic mass is 19.1. The van der Waals surface area contributed by atoms with Crippen molar-refractivity contribution < 1.29 is 19.0 Å². The van der Waals surface area contributed by atoms with Gasteiger partial charge in [0.2, 0.25) is 5.88 Å². The van der Waals surface area contributed by atoms with Gasteiger partial charge in [0.05, 0.1) is 11.1 Å². The molecule has 2 aromatic heterocycles. The number of hydrogen-bond donors (Lipinski definition) is 1. The Bertz CT molecular complexity index is 1380. The van der Waals surface area contributed by atoms with Gasteiger partial charge in [0.1, 0.15) is 0 Å². The zero-order valence-corrected chi connectivity index (χ0v) is 18.2. The summed E-state index contributed by atoms with van der Waals surface area (Å²) < 4.78 is 22.1. The van der Waals surface area contributed by atoms with E-state index in [0.717, 1.165) is 11.1 Å². The number of tetrazole rings is 1. The van der Waals surface area contributed by atoms with E-state index in [0.29, 0.717) is 22.6 Å². The summed E-state index contributed by atoms with van der Waals surface area (Å²) in [4.78, 5) is 16.7. The van der Waals surface area contributed by atoms with Gasteiger partial charge in [0, 0.05) is 35.2 Å². The molecular formula is C24H20FN5O3. The molecule has 8 nitrogen and oxygen atoms in total. The molecule has 1 aliphatic rings. The molecule has 0 saturated heterocycles. The van der Waals surface area contributed by atoms with Gasteiger partial charge in [-0.25, -0.2) is 14.1 Å². The first-order chi connectivity index (χ1) is 15.8. The third-order valence-electron chi connectivity index (χ3n) is 6.04. The van der Waals surface area contributed by atoms with Crippen LogP contribution in [0.15, 0.2) is 54.6 Å². The van der Waals surface area contributed by atoms with Crippen LogP contribution in [0.3, 0.4) is 0 Å². The minimum absolute atomic E-state index is 0.0131. The lowest BCUT2D eigenvalue weighted by atomic mass is 9.70. The van der Waals surface area contributed by atoms with Gasteiger partial charge in [-0.2, -0.15) is 0 Å². The highest BCUT2D eigenvalue weighted by Gasteiger charge is 2.44. The minimum atomic E-state index is -1.21. The number of para-hydroxylation sites is 1. The van der Waals surface area contributed by atoms with Crippen LogP contribution in [0.1, 0.15) is 30.9 Å². The van der Waals surface area contributed by atoms with E-state index in [1.54, 1.807) is 43.8 Å². The number of fused-ring (bicyclic) bond motifs is 2. The zero-order chi connectivity index (χ0) is 23.3. The van der Waals surface area contributed by atoms with E-state index in [9.17, 15) is 14.3 Å². The molecule has 0 bridgehead atoms. The Labute approximate surface area is 188 Å². The molecule has 1 aliphatic heterocycles. The fourth-order valence-electron chi connectivity index (χ4n) is 4.20. The summed E-state index contributed by atoms with van der Waals surface area (Å²) in [5, 5.41) is 21.4. The third-order valence-corrected chi connectivity index (χ3v) is 6.04. The van der Waals surface area contributed by atoms with Crippen molar-refractivity contribution >= 4 is 5.97 Å². The molecule has 0 fully saturated rings. The first-order valence-corrected chi connectivity index (χ1v) is 10.3. The van der Waals surface area contributed by atoms with Gasteiger partial charge in [-0.05, 0) is 36.4 Å². The number of benzene rings is 2. The number of aryl methyl sites for hydroxylation is 1. The first kappa shape index (κ1) is 20.7. The molecule has 0 saturated carbocycles. The van der Waals surface area contributed by atoms with Crippen LogP contribution in [0.2, 0.25) is 0 Å². The van der Waals surface area contributed by atoms with Crippen molar-refractivity contribution in [3.05, 3.63) is 71.5 Å². The van der Waals surface area contributed by atoms with Crippen LogP contribution in [0.4, 0.5) is 4.39 Å². The normalized spacial score (nSPS) is 14.8. The molecule has 1 N–H and O–H groups in total. The Hall–Kier alpha value is -4.14. The van der Waals surface area contributed by atoms with Gasteiger partial charge < -0.3 is 9.84 Å². The fraction of sp³-hybridized carbons (Fsp3) is 0.208. The number of rotatable bonds is 4. The predicted octanol–water partition coefficient (Wildman–Crippen LogP) is 4.43. The summed E-state index contributed by atoms with van der Waals surface area (Å²) in [5.74, 6) is -1.33. The number of halogens is 1. The summed E-state index contributed by atoms with van der Waals surface area (Å²) in [6.07, 6.45) is 0. The van der Waals surface area contributed by atoms with Crippen molar-refractivity contribution in [2.24, 2.45) is 12.5 Å². The van der Waals surface area contributed by atoms with Crippen molar-refractivity contribution in [3.8, 4) is 34.3 Å². The number of aromatic nitrogens is 5. The van der Waals surface area contributed by atoms with E-state index in [4.69, 9.17) is 4.74 Å². The number of pyridine rings is 1. The lowest BCUT2D eigenvalue weighted by Gasteiger charge is -2.36. The largest absolute Gasteiger partial charge is 0.481 e. The maximum absolute atomic E-state index is 14.6.